The molecule has 0 fully saturated rings. The highest BCUT2D eigenvalue weighted by Gasteiger charge is 2.34. The molecule has 0 aliphatic carbocycles. The maximum atomic E-state index is 8.82. The molecule has 0 spiro atoms. The van der Waals surface area contributed by atoms with Crippen molar-refractivity contribution < 1.29 is 8.92 Å². The molecule has 6 heteroatoms. The summed E-state index contributed by atoms with van der Waals surface area (Å²) in [4.78, 5) is 4.54. The van der Waals surface area contributed by atoms with E-state index >= 15 is 0 Å². The Morgan fingerprint density at radius 3 is 2.96 bits per heavy atom. The molecule has 1 aromatic heterocycles. The number of thiol groups is 1. The van der Waals surface area contributed by atoms with Crippen molar-refractivity contribution in [1.82, 2.24) is 4.98 Å². The second-order valence-electron chi connectivity index (χ2n) is 5.82. The first-order valence-corrected chi connectivity index (χ1v) is 7.62. The summed E-state index contributed by atoms with van der Waals surface area (Å²) in [6, 6.07) is 13.8. The van der Waals surface area contributed by atoms with E-state index in [9.17, 15) is 0 Å². The van der Waals surface area contributed by atoms with Gasteiger partial charge in [0.25, 0.3) is 0 Å². The molecule has 118 valence electrons. The fraction of sp³-hybridized carbons (Fsp3) is 0.294. The van der Waals surface area contributed by atoms with Crippen LogP contribution in [0, 0.1) is 11.3 Å². The van der Waals surface area contributed by atoms with E-state index in [1.807, 2.05) is 44.2 Å². The normalized spacial score (nSPS) is 18.6. The van der Waals surface area contributed by atoms with Crippen LogP contribution in [0.15, 0.2) is 36.4 Å². The maximum Gasteiger partial charge on any atom is 0.250 e. The highest BCUT2D eigenvalue weighted by molar-refractivity contribution is 7.75. The second-order valence-corrected chi connectivity index (χ2v) is 6.03. The summed E-state index contributed by atoms with van der Waals surface area (Å²) in [5.41, 5.74) is 4.02. The van der Waals surface area contributed by atoms with E-state index in [0.29, 0.717) is 6.42 Å². The molecule has 5 nitrogen and oxygen atoms in total. The van der Waals surface area contributed by atoms with Crippen LogP contribution in [-0.2, 0) is 20.9 Å². The monoisotopic (exact) mass is 327 g/mol. The van der Waals surface area contributed by atoms with Crippen LogP contribution >= 0.6 is 12.9 Å². The van der Waals surface area contributed by atoms with Gasteiger partial charge in [0.2, 0.25) is 6.41 Å². The molecule has 1 aromatic carbocycles. The van der Waals surface area contributed by atoms with Crippen molar-refractivity contribution in [3.8, 4) is 17.3 Å². The molecular weight excluding hydrogens is 310 g/mol. The van der Waals surface area contributed by atoms with E-state index < -0.39 is 12.0 Å². The Hall–Kier alpha value is -2.07. The van der Waals surface area contributed by atoms with E-state index in [-0.39, 0.29) is 0 Å². The van der Waals surface area contributed by atoms with Gasteiger partial charge in [-0.15, -0.1) is 0 Å². The summed E-state index contributed by atoms with van der Waals surface area (Å²) in [5, 5.41) is 12.0. The van der Waals surface area contributed by atoms with Crippen molar-refractivity contribution in [2.24, 2.45) is 0 Å². The summed E-state index contributed by atoms with van der Waals surface area (Å²) >= 11 is 3.82. The van der Waals surface area contributed by atoms with E-state index in [1.54, 1.807) is 0 Å². The van der Waals surface area contributed by atoms with Gasteiger partial charge in [-0.1, -0.05) is 12.1 Å². The predicted molar refractivity (Wildman–Crippen MR) is 90.6 cm³/mol. The molecule has 1 atom stereocenters. The zero-order valence-corrected chi connectivity index (χ0v) is 13.8. The average molecular weight is 327 g/mol. The molecule has 0 amide bonds. The number of hydrogen-bond donors (Lipinski definition) is 2. The molecular formula is C17H17N3O2S. The molecule has 2 aromatic rings. The Balaban J connectivity index is 2.01. The number of hydrogen-bond acceptors (Lipinski definition) is 6. The van der Waals surface area contributed by atoms with Gasteiger partial charge in [-0.25, -0.2) is 0 Å². The van der Waals surface area contributed by atoms with Crippen LogP contribution in [0.25, 0.3) is 11.3 Å². The Morgan fingerprint density at radius 1 is 1.39 bits per heavy atom. The SMILES string of the molecule is CC1(C)OC(OS)Nc2ccc(-c3cccc(CC#N)n3)cc21. The molecule has 1 aliphatic rings. The van der Waals surface area contributed by atoms with Crippen LogP contribution in [0.1, 0.15) is 25.1 Å². The second kappa shape index (κ2) is 6.20. The summed E-state index contributed by atoms with van der Waals surface area (Å²) in [7, 11) is 0. The van der Waals surface area contributed by atoms with Crippen LogP contribution in [-0.4, -0.2) is 11.4 Å². The van der Waals surface area contributed by atoms with Gasteiger partial charge in [-0.3, -0.25) is 9.17 Å². The third-order valence-corrected chi connectivity index (χ3v) is 3.99. The fourth-order valence-electron chi connectivity index (χ4n) is 2.68. The molecule has 0 bridgehead atoms. The number of fused-ring (bicyclic) bond motifs is 1. The minimum absolute atomic E-state index is 0.301. The maximum absolute atomic E-state index is 8.82. The fourth-order valence-corrected chi connectivity index (χ4v) is 2.78. The zero-order chi connectivity index (χ0) is 16.4. The topological polar surface area (TPSA) is 67.2 Å². The van der Waals surface area contributed by atoms with Crippen molar-refractivity contribution in [2.75, 3.05) is 5.32 Å². The van der Waals surface area contributed by atoms with Gasteiger partial charge >= 0.3 is 0 Å². The number of rotatable bonds is 3. The molecule has 1 aliphatic heterocycles. The number of anilines is 1. The highest BCUT2D eigenvalue weighted by Crippen LogP contribution is 2.39. The van der Waals surface area contributed by atoms with Crippen molar-refractivity contribution in [3.05, 3.63) is 47.7 Å². The largest absolute Gasteiger partial charge is 0.336 e. The Morgan fingerprint density at radius 2 is 2.22 bits per heavy atom. The lowest BCUT2D eigenvalue weighted by atomic mass is 9.92. The van der Waals surface area contributed by atoms with Crippen LogP contribution in [0.5, 0.6) is 0 Å². The number of nitrogens with zero attached hydrogens (tertiary/aromatic N) is 2. The summed E-state index contributed by atoms with van der Waals surface area (Å²) in [6.45, 7) is 3.96. The summed E-state index contributed by atoms with van der Waals surface area (Å²) in [6.07, 6.45) is -0.292. The highest BCUT2D eigenvalue weighted by atomic mass is 32.1. The summed E-state index contributed by atoms with van der Waals surface area (Å²) in [5.74, 6) is 0. The number of nitrogens with one attached hydrogen (secondary N) is 1. The first-order chi connectivity index (χ1) is 11.0. The van der Waals surface area contributed by atoms with Gasteiger partial charge in [-0.2, -0.15) is 5.26 Å². The number of aromatic nitrogens is 1. The van der Waals surface area contributed by atoms with E-state index in [2.05, 4.69) is 35.3 Å². The number of pyridine rings is 1. The molecule has 2 heterocycles. The average Bonchev–Trinajstić information content (AvgIpc) is 2.54. The minimum atomic E-state index is -0.594. The van der Waals surface area contributed by atoms with Crippen molar-refractivity contribution in [3.63, 3.8) is 0 Å². The standard InChI is InChI=1S/C17H17N3O2S/c1-17(2)13-10-11(6-7-15(13)20-16(21-17)22-23)14-5-3-4-12(19-14)8-9-18/h3-7,10,16,20,23H,8H2,1-2H3. The van der Waals surface area contributed by atoms with E-state index in [4.69, 9.17) is 14.2 Å². The molecule has 1 unspecified atom stereocenters. The van der Waals surface area contributed by atoms with Crippen molar-refractivity contribution >= 4 is 18.6 Å². The lowest BCUT2D eigenvalue weighted by Crippen LogP contribution is -2.39. The summed E-state index contributed by atoms with van der Waals surface area (Å²) < 4.78 is 10.8. The van der Waals surface area contributed by atoms with Crippen LogP contribution in [0.3, 0.4) is 0 Å². The quantitative estimate of drug-likeness (QED) is 0.665. The van der Waals surface area contributed by atoms with Crippen molar-refractivity contribution in [1.29, 1.82) is 5.26 Å². The van der Waals surface area contributed by atoms with E-state index in [1.165, 1.54) is 0 Å². The third-order valence-electron chi connectivity index (χ3n) is 3.80. The van der Waals surface area contributed by atoms with Crippen LogP contribution < -0.4 is 5.32 Å². The molecule has 0 radical (unpaired) electrons. The first-order valence-electron chi connectivity index (χ1n) is 7.26. The number of benzene rings is 1. The zero-order valence-electron chi connectivity index (χ0n) is 12.9. The van der Waals surface area contributed by atoms with Gasteiger partial charge in [0, 0.05) is 16.8 Å². The first kappa shape index (κ1) is 15.8. The lowest BCUT2D eigenvalue weighted by molar-refractivity contribution is -0.146. The van der Waals surface area contributed by atoms with Crippen LogP contribution in [0.2, 0.25) is 0 Å². The van der Waals surface area contributed by atoms with Crippen molar-refractivity contribution in [2.45, 2.75) is 32.3 Å². The van der Waals surface area contributed by atoms with Gasteiger partial charge < -0.3 is 10.1 Å². The van der Waals surface area contributed by atoms with Gasteiger partial charge in [0.15, 0.2) is 0 Å². The van der Waals surface area contributed by atoms with Gasteiger partial charge in [0.1, 0.15) is 0 Å². The van der Waals surface area contributed by atoms with Gasteiger partial charge in [0.05, 0.1) is 29.5 Å². The lowest BCUT2D eigenvalue weighted by Gasteiger charge is -2.37. The third kappa shape index (κ3) is 3.17. The van der Waals surface area contributed by atoms with Crippen LogP contribution in [0.4, 0.5) is 5.69 Å². The molecule has 23 heavy (non-hydrogen) atoms. The minimum Gasteiger partial charge on any atom is -0.336 e. The Bertz CT molecular complexity index is 771. The molecule has 1 N–H and O–H groups in total. The Kier molecular flexibility index (Phi) is 4.26. The molecule has 3 rings (SSSR count). The predicted octanol–water partition coefficient (Wildman–Crippen LogP) is 3.64. The Labute approximate surface area is 140 Å². The van der Waals surface area contributed by atoms with E-state index in [0.717, 1.165) is 28.2 Å². The molecule has 0 saturated heterocycles. The molecule has 0 saturated carbocycles. The number of nitriles is 1. The smallest absolute Gasteiger partial charge is 0.250 e. The van der Waals surface area contributed by atoms with Gasteiger partial charge in [-0.05, 0) is 51.0 Å². The number of ether oxygens (including phenoxy) is 1.